The van der Waals surface area contributed by atoms with Crippen LogP contribution >= 0.6 is 0 Å². The molecule has 21 atom stereocenters. The molecule has 622 valence electrons. The van der Waals surface area contributed by atoms with Crippen molar-refractivity contribution in [2.45, 2.75) is 453 Å². The van der Waals surface area contributed by atoms with E-state index in [0.717, 1.165) is 217 Å². The fourth-order valence-corrected chi connectivity index (χ4v) is 35.5. The van der Waals surface area contributed by atoms with Crippen LogP contribution in [0.3, 0.4) is 0 Å². The highest BCUT2D eigenvalue weighted by Crippen LogP contribution is 2.65. The second-order valence-electron chi connectivity index (χ2n) is 50.7. The van der Waals surface area contributed by atoms with Gasteiger partial charge < -0.3 is 0 Å². The van der Waals surface area contributed by atoms with Crippen LogP contribution in [0.25, 0.3) is 0 Å². The van der Waals surface area contributed by atoms with Crippen LogP contribution in [-0.2, 0) is 0 Å². The van der Waals surface area contributed by atoms with Crippen molar-refractivity contribution in [2.24, 2.45) is 228 Å². The zero-order chi connectivity index (χ0) is 76.4. The Morgan fingerprint density at radius 2 is 0.611 bits per heavy atom. The molecule has 0 aromatic rings. The molecule has 13 unspecified atom stereocenters. The molecular weight excluding hydrogens is 1300 g/mol. The van der Waals surface area contributed by atoms with Crippen LogP contribution in [0.4, 0.5) is 0 Å². The second-order valence-corrected chi connectivity index (χ2v) is 50.7. The zero-order valence-corrected chi connectivity index (χ0v) is 76.4. The van der Waals surface area contributed by atoms with Gasteiger partial charge in [0.25, 0.3) is 0 Å². The molecule has 0 spiro atoms. The summed E-state index contributed by atoms with van der Waals surface area (Å²) in [6.45, 7) is 46.6. The van der Waals surface area contributed by atoms with Gasteiger partial charge in [0.1, 0.15) is 0 Å². The van der Waals surface area contributed by atoms with Crippen LogP contribution in [0.5, 0.6) is 0 Å². The van der Waals surface area contributed by atoms with Gasteiger partial charge in [-0.25, -0.2) is 0 Å². The third-order valence-electron chi connectivity index (χ3n) is 44.1. The van der Waals surface area contributed by atoms with E-state index >= 15 is 0 Å². The summed E-state index contributed by atoms with van der Waals surface area (Å²) in [5.74, 6) is 36.1. The highest BCUT2D eigenvalue weighted by Gasteiger charge is 2.54. The predicted molar refractivity (Wildman–Crippen MR) is 468 cm³/mol. The molecule has 0 aliphatic heterocycles. The largest absolute Gasteiger partial charge is 0.0651 e. The minimum absolute atomic E-state index is 0.654. The fourth-order valence-electron chi connectivity index (χ4n) is 35.5. The summed E-state index contributed by atoms with van der Waals surface area (Å²) in [6.07, 6.45) is 77.3. The van der Waals surface area contributed by atoms with Gasteiger partial charge in [-0.1, -0.05) is 170 Å². The lowest BCUT2D eigenvalue weighted by molar-refractivity contribution is -0.0545. The molecule has 0 aromatic heterocycles. The van der Waals surface area contributed by atoms with E-state index in [2.05, 4.69) is 132 Å². The van der Waals surface area contributed by atoms with Gasteiger partial charge in [0.05, 0.1) is 0 Å². The van der Waals surface area contributed by atoms with Crippen molar-refractivity contribution in [3.05, 3.63) is 0 Å². The molecule has 26 bridgehead atoms. The van der Waals surface area contributed by atoms with E-state index in [4.69, 9.17) is 0 Å². The van der Waals surface area contributed by atoms with E-state index in [0.29, 0.717) is 10.8 Å². The topological polar surface area (TPSA) is 0 Å². The van der Waals surface area contributed by atoms with E-state index in [1.54, 1.807) is 167 Å². The van der Waals surface area contributed by atoms with Crippen molar-refractivity contribution in [3.8, 4) is 0 Å². The van der Waals surface area contributed by atoms with Crippen LogP contribution in [-0.4, -0.2) is 0 Å². The fraction of sp³-hybridized carbons (Fsp3) is 1.00. The van der Waals surface area contributed by atoms with Crippen LogP contribution in [0.15, 0.2) is 0 Å². The van der Waals surface area contributed by atoms with Gasteiger partial charge in [0.15, 0.2) is 0 Å². The van der Waals surface area contributed by atoms with Gasteiger partial charge in [0.2, 0.25) is 0 Å². The zero-order valence-electron chi connectivity index (χ0n) is 76.4. The van der Waals surface area contributed by atoms with Crippen LogP contribution in [0, 0.1) is 228 Å². The van der Waals surface area contributed by atoms with Gasteiger partial charge >= 0.3 is 0 Å². The molecule has 0 saturated heterocycles. The predicted octanol–water partition coefficient (Wildman–Crippen LogP) is 33.3. The second kappa shape index (κ2) is 35.1. The normalized spacial score (nSPS) is 53.3. The van der Waals surface area contributed by atoms with Gasteiger partial charge in [-0.2, -0.15) is 0 Å². The number of hydrogen-bond acceptors (Lipinski definition) is 0. The Kier molecular flexibility index (Phi) is 27.5. The first kappa shape index (κ1) is 84.5. The summed E-state index contributed by atoms with van der Waals surface area (Å²) in [4.78, 5) is 0. The summed E-state index contributed by atoms with van der Waals surface area (Å²) in [6, 6.07) is 0. The summed E-state index contributed by atoms with van der Waals surface area (Å²) in [5.41, 5.74) is 4.48. The maximum Gasteiger partial charge on any atom is -0.0292 e. The van der Waals surface area contributed by atoms with Crippen LogP contribution in [0.1, 0.15) is 453 Å². The van der Waals surface area contributed by atoms with Crippen molar-refractivity contribution in [1.82, 2.24) is 0 Å². The summed E-state index contributed by atoms with van der Waals surface area (Å²) in [5, 5.41) is 0. The lowest BCUT2D eigenvalue weighted by atomic mass is 9.49. The first-order valence-corrected chi connectivity index (χ1v) is 51.4. The Morgan fingerprint density at radius 1 is 0.241 bits per heavy atom. The van der Waals surface area contributed by atoms with Gasteiger partial charge in [-0.3, -0.25) is 0 Å². The number of fused-ring (bicyclic) bond motifs is 22. The lowest BCUT2D eigenvalue weighted by Gasteiger charge is -2.56. The van der Waals surface area contributed by atoms with Crippen molar-refractivity contribution in [3.63, 3.8) is 0 Å². The monoisotopic (exact) mass is 1490 g/mol. The maximum atomic E-state index is 2.54. The molecule has 30 aliphatic carbocycles. The molecule has 30 saturated carbocycles. The highest BCUT2D eigenvalue weighted by molar-refractivity contribution is 5.04. The summed E-state index contributed by atoms with van der Waals surface area (Å²) in [7, 11) is 0. The quantitative estimate of drug-likeness (QED) is 0.259. The molecule has 0 N–H and O–H groups in total. The minimum Gasteiger partial charge on any atom is -0.0651 e. The molecule has 108 heavy (non-hydrogen) atoms. The van der Waals surface area contributed by atoms with E-state index < -0.39 is 0 Å². The number of rotatable bonds is 2. The summed E-state index contributed by atoms with van der Waals surface area (Å²) < 4.78 is 0. The van der Waals surface area contributed by atoms with E-state index in [9.17, 15) is 0 Å². The molecule has 0 heteroatoms. The van der Waals surface area contributed by atoms with Crippen LogP contribution in [0.2, 0.25) is 0 Å². The SMILES string of the molecule is CC12CC3CC(CC(C3)C1)C2.CC1C2CCC(C2)[C@H]1C.CC1C2CCC(CC2)[C@H]1C.CCC12CC3CC(CC(C3)C1)C2.CCC1CC2CCC1C2.C[C@@H]1C2CCC(C2)C1(C)C.C[C@@H]1C2CCC(CC2)C1(C)C.C[C@H]1CC2CCC1(C)C2.C[C@H]1CC2CCC1(C)CC2.C[C@H]1CC2CCC1C2.C[C@H]1CC2CCC1CC2. The highest BCUT2D eigenvalue weighted by atomic mass is 14.6. The van der Waals surface area contributed by atoms with Gasteiger partial charge in [-0.05, 0) is 510 Å². The molecule has 30 fully saturated rings. The van der Waals surface area contributed by atoms with E-state index in [-0.39, 0.29) is 0 Å². The molecule has 0 radical (unpaired) electrons. The minimum atomic E-state index is 0.654. The van der Waals surface area contributed by atoms with Crippen molar-refractivity contribution >= 4 is 0 Å². The molecule has 0 aromatic carbocycles. The Hall–Kier alpha value is 0. The third kappa shape index (κ3) is 19.0. The molecular formula is C108H190. The molecule has 0 nitrogen and oxygen atoms in total. The lowest BCUT2D eigenvalue weighted by Crippen LogP contribution is -2.45. The smallest absolute Gasteiger partial charge is 0.0292 e. The average molecular weight is 1490 g/mol. The first-order chi connectivity index (χ1) is 51.4. The van der Waals surface area contributed by atoms with Gasteiger partial charge in [-0.15, -0.1) is 0 Å². The third-order valence-corrected chi connectivity index (χ3v) is 44.1. The van der Waals surface area contributed by atoms with Crippen molar-refractivity contribution in [2.75, 3.05) is 0 Å². The molecule has 0 heterocycles. The molecule has 0 amide bonds. The van der Waals surface area contributed by atoms with Crippen molar-refractivity contribution in [1.29, 1.82) is 0 Å². The Balaban J connectivity index is 0.0000000996. The number of hydrogen-bond donors (Lipinski definition) is 0. The first-order valence-electron chi connectivity index (χ1n) is 51.4. The standard InChI is InChI=1S/C12H20.C11H18.C11H20.3C10H18.4C9H16.C8H14/c1-2-12-6-9-3-10(7-12)5-11(4-9)8-12;1-11-5-8-2-9(6-11)4-10(3-8)7-11;1-8-9-4-6-10(7-5-9)11(8,2)3;1-7-8-4-5-9(6-8)10(7,2)3;1-8-7-9-3-5-10(8,2)6-4-9;1-7-8(2)10-5-3-9(7)4-6-10;1-7-5-8-3-4-9(7,2)6-8;1-6-7(2)9-4-3-8(6)5-9;1-7-6-8-2-4-9(7)5-3-8;1-2-8-5-7-3-4-9(8)6-7;1-6-4-7-2-3-8(6)5-7/h9-11H,2-8H2,1H3;8-10H,2-7H2,1H3;8-10H,4-7H2,1-3H3;7-9H,4-6H2,1-3H3;8-9H,3-7H2,1-2H3;7-10H,3-6H2,1-2H3;7-8H,3-6H2,1-2H3;6-9H,3-5H2,1-2H3;2*7-9H,2-6H2,1H3;6-8H,2-5H2,1H3/t;;8-,9?,10?;7-,8?,9?;8-,9?,10?;7-,8?,9?,10?;7-,8?,9?;6-,7?,8?,9?;7-,8?,9?;;6-,7?,8?/m..1100000.0/s1. The average Bonchev–Trinajstić information content (AvgIpc) is 1.76. The van der Waals surface area contributed by atoms with E-state index in [1.807, 2.05) is 0 Å². The molecule has 30 rings (SSSR count). The van der Waals surface area contributed by atoms with Crippen LogP contribution < -0.4 is 0 Å². The Morgan fingerprint density at radius 3 is 0.861 bits per heavy atom. The van der Waals surface area contributed by atoms with E-state index in [1.165, 1.54) is 154 Å². The van der Waals surface area contributed by atoms with Gasteiger partial charge in [0, 0.05) is 0 Å². The molecule has 30 aliphatic rings. The maximum absolute atomic E-state index is 2.54. The Bertz CT molecular complexity index is 2610. The van der Waals surface area contributed by atoms with Crippen molar-refractivity contribution < 1.29 is 0 Å². The summed E-state index contributed by atoms with van der Waals surface area (Å²) >= 11 is 0. The Labute approximate surface area is 676 Å².